The maximum Gasteiger partial charge on any atom is 0.291 e. The monoisotopic (exact) mass is 342 g/mol. The van der Waals surface area contributed by atoms with Crippen LogP contribution in [-0.4, -0.2) is 72.7 Å². The second kappa shape index (κ2) is 6.61. The van der Waals surface area contributed by atoms with Crippen molar-refractivity contribution in [3.05, 3.63) is 48.6 Å². The first-order chi connectivity index (χ1) is 12.2. The Morgan fingerprint density at radius 3 is 3.08 bits per heavy atom. The summed E-state index contributed by atoms with van der Waals surface area (Å²) in [4.78, 5) is 24.2. The summed E-state index contributed by atoms with van der Waals surface area (Å²) in [5.41, 5.74) is 1.79. The van der Waals surface area contributed by atoms with E-state index in [-0.39, 0.29) is 18.2 Å². The second-order valence-corrected chi connectivity index (χ2v) is 6.06. The molecule has 1 unspecified atom stereocenters. The van der Waals surface area contributed by atoms with E-state index in [0.717, 1.165) is 11.2 Å². The number of carbonyl (C=O) groups is 1. The number of aromatic nitrogens is 4. The second-order valence-electron chi connectivity index (χ2n) is 6.06. The summed E-state index contributed by atoms with van der Waals surface area (Å²) in [5, 5.41) is 14.6. The van der Waals surface area contributed by atoms with Gasteiger partial charge in [-0.1, -0.05) is 0 Å². The number of oxazole rings is 1. The maximum absolute atomic E-state index is 12.4. The lowest BCUT2D eigenvalue weighted by Crippen LogP contribution is -2.37. The van der Waals surface area contributed by atoms with E-state index in [1.54, 1.807) is 21.8 Å². The summed E-state index contributed by atoms with van der Waals surface area (Å²) in [6.07, 6.45) is 7.35. The molecule has 0 aliphatic carbocycles. The van der Waals surface area contributed by atoms with Crippen LogP contribution in [0.1, 0.15) is 16.1 Å². The van der Waals surface area contributed by atoms with E-state index in [9.17, 15) is 9.90 Å². The van der Waals surface area contributed by atoms with Gasteiger partial charge in [0, 0.05) is 50.7 Å². The number of rotatable bonds is 3. The van der Waals surface area contributed by atoms with E-state index < -0.39 is 6.10 Å². The molecule has 25 heavy (non-hydrogen) atoms. The van der Waals surface area contributed by atoms with Crippen molar-refractivity contribution < 1.29 is 14.3 Å². The molecule has 9 heteroatoms. The van der Waals surface area contributed by atoms with Crippen LogP contribution < -0.4 is 0 Å². The highest BCUT2D eigenvalue weighted by atomic mass is 16.3. The topological polar surface area (TPSA) is 100 Å². The minimum Gasteiger partial charge on any atom is -0.438 e. The van der Waals surface area contributed by atoms with E-state index in [1.807, 2.05) is 12.3 Å². The molecule has 3 aromatic heterocycles. The number of fused-ring (bicyclic) bond motifs is 1. The summed E-state index contributed by atoms with van der Waals surface area (Å²) >= 11 is 0. The van der Waals surface area contributed by atoms with Crippen LogP contribution in [0.2, 0.25) is 0 Å². The van der Waals surface area contributed by atoms with Gasteiger partial charge in [0.25, 0.3) is 5.91 Å². The first kappa shape index (κ1) is 15.7. The molecule has 1 amide bonds. The van der Waals surface area contributed by atoms with Crippen molar-refractivity contribution >= 4 is 11.6 Å². The van der Waals surface area contributed by atoms with Gasteiger partial charge in [-0.2, -0.15) is 5.10 Å². The third-order valence-electron chi connectivity index (χ3n) is 4.26. The molecule has 1 aliphatic heterocycles. The summed E-state index contributed by atoms with van der Waals surface area (Å²) in [6, 6.07) is 1.83. The number of hydrogen-bond acceptors (Lipinski definition) is 7. The fourth-order valence-corrected chi connectivity index (χ4v) is 3.09. The van der Waals surface area contributed by atoms with Crippen molar-refractivity contribution in [1.82, 2.24) is 29.4 Å². The SMILES string of the molecule is O=C(c1cnco1)N1CCN(Cc2cnn3cccnc23)CC(O)C1. The summed E-state index contributed by atoms with van der Waals surface area (Å²) in [7, 11) is 0. The van der Waals surface area contributed by atoms with Crippen LogP contribution in [-0.2, 0) is 6.54 Å². The maximum atomic E-state index is 12.4. The zero-order valence-electron chi connectivity index (χ0n) is 13.5. The molecule has 0 bridgehead atoms. The van der Waals surface area contributed by atoms with E-state index in [1.165, 1.54) is 12.6 Å². The lowest BCUT2D eigenvalue weighted by atomic mass is 10.2. The van der Waals surface area contributed by atoms with Crippen molar-refractivity contribution in [2.24, 2.45) is 0 Å². The molecule has 0 spiro atoms. The average Bonchev–Trinajstić information content (AvgIpc) is 3.24. The molecule has 1 fully saturated rings. The molecule has 130 valence electrons. The number of aliphatic hydroxyl groups is 1. The van der Waals surface area contributed by atoms with Crippen molar-refractivity contribution in [3.8, 4) is 0 Å². The van der Waals surface area contributed by atoms with Crippen LogP contribution in [0.5, 0.6) is 0 Å². The summed E-state index contributed by atoms with van der Waals surface area (Å²) in [6.45, 7) is 2.50. The molecule has 0 aromatic carbocycles. The summed E-state index contributed by atoms with van der Waals surface area (Å²) in [5.74, 6) is -0.0662. The van der Waals surface area contributed by atoms with Gasteiger partial charge in [0.2, 0.25) is 5.76 Å². The fraction of sp³-hybridized carbons (Fsp3) is 0.375. The zero-order chi connectivity index (χ0) is 17.2. The lowest BCUT2D eigenvalue weighted by Gasteiger charge is -2.20. The number of amides is 1. The molecule has 3 aromatic rings. The van der Waals surface area contributed by atoms with Crippen LogP contribution in [0.3, 0.4) is 0 Å². The zero-order valence-corrected chi connectivity index (χ0v) is 13.5. The van der Waals surface area contributed by atoms with Gasteiger partial charge in [-0.3, -0.25) is 9.69 Å². The van der Waals surface area contributed by atoms with Gasteiger partial charge < -0.3 is 14.4 Å². The smallest absolute Gasteiger partial charge is 0.291 e. The molecule has 1 N–H and O–H groups in total. The Morgan fingerprint density at radius 1 is 1.32 bits per heavy atom. The Labute approximate surface area is 143 Å². The molecule has 4 heterocycles. The highest BCUT2D eigenvalue weighted by Gasteiger charge is 2.27. The fourth-order valence-electron chi connectivity index (χ4n) is 3.09. The Bertz CT molecular complexity index is 862. The predicted octanol–water partition coefficient (Wildman–Crippen LogP) is 0.0362. The van der Waals surface area contributed by atoms with Gasteiger partial charge in [-0.15, -0.1) is 0 Å². The first-order valence-corrected chi connectivity index (χ1v) is 8.06. The van der Waals surface area contributed by atoms with Gasteiger partial charge in [-0.25, -0.2) is 14.5 Å². The Hall–Kier alpha value is -2.78. The third-order valence-corrected chi connectivity index (χ3v) is 4.26. The molecule has 0 saturated carbocycles. The molecule has 4 rings (SSSR count). The molecule has 9 nitrogen and oxygen atoms in total. The molecular formula is C16H18N6O3. The quantitative estimate of drug-likeness (QED) is 0.717. The minimum absolute atomic E-state index is 0.187. The molecule has 1 aliphatic rings. The van der Waals surface area contributed by atoms with Gasteiger partial charge in [0.15, 0.2) is 12.0 Å². The Morgan fingerprint density at radius 2 is 2.24 bits per heavy atom. The van der Waals surface area contributed by atoms with Gasteiger partial charge in [0.05, 0.1) is 18.5 Å². The standard InChI is InChI=1S/C16H18N6O3/c23-13-9-20(8-12-6-19-22-3-1-2-18-15(12)22)4-5-21(10-13)16(24)14-7-17-11-25-14/h1-3,6-7,11,13,23H,4-5,8-10H2. The number of carbonyl (C=O) groups excluding carboxylic acids is 1. The van der Waals surface area contributed by atoms with Crippen molar-refractivity contribution in [2.75, 3.05) is 26.2 Å². The van der Waals surface area contributed by atoms with Crippen LogP contribution in [0.4, 0.5) is 0 Å². The predicted molar refractivity (Wildman–Crippen MR) is 86.7 cm³/mol. The number of β-amino-alcohol motifs (C(OH)–C–C–N with tert-alkyl or cyclic N) is 1. The van der Waals surface area contributed by atoms with Crippen molar-refractivity contribution in [2.45, 2.75) is 12.6 Å². The van der Waals surface area contributed by atoms with Crippen LogP contribution in [0.25, 0.3) is 5.65 Å². The van der Waals surface area contributed by atoms with Crippen LogP contribution in [0.15, 0.2) is 41.7 Å². The van der Waals surface area contributed by atoms with E-state index >= 15 is 0 Å². The number of nitrogens with zero attached hydrogens (tertiary/aromatic N) is 6. The van der Waals surface area contributed by atoms with Crippen molar-refractivity contribution in [1.29, 1.82) is 0 Å². The van der Waals surface area contributed by atoms with Crippen molar-refractivity contribution in [3.63, 3.8) is 0 Å². The molecular weight excluding hydrogens is 324 g/mol. The summed E-state index contributed by atoms with van der Waals surface area (Å²) < 4.78 is 6.79. The minimum atomic E-state index is -0.635. The van der Waals surface area contributed by atoms with Gasteiger partial charge in [-0.05, 0) is 6.07 Å². The number of aliphatic hydroxyl groups excluding tert-OH is 1. The Kier molecular flexibility index (Phi) is 4.16. The molecule has 0 radical (unpaired) electrons. The van der Waals surface area contributed by atoms with E-state index in [0.29, 0.717) is 26.2 Å². The Balaban J connectivity index is 1.47. The normalized spacial score (nSPS) is 19.2. The van der Waals surface area contributed by atoms with E-state index in [4.69, 9.17) is 4.42 Å². The highest BCUT2D eigenvalue weighted by Crippen LogP contribution is 2.14. The highest BCUT2D eigenvalue weighted by molar-refractivity contribution is 5.91. The largest absolute Gasteiger partial charge is 0.438 e. The molecule has 1 saturated heterocycles. The average molecular weight is 342 g/mol. The van der Waals surface area contributed by atoms with E-state index in [2.05, 4.69) is 20.0 Å². The third kappa shape index (κ3) is 3.24. The molecule has 1 atom stereocenters. The lowest BCUT2D eigenvalue weighted by molar-refractivity contribution is 0.0634. The van der Waals surface area contributed by atoms with Crippen LogP contribution >= 0.6 is 0 Å². The van der Waals surface area contributed by atoms with Gasteiger partial charge in [0.1, 0.15) is 0 Å². The number of hydrogen-bond donors (Lipinski definition) is 1. The van der Waals surface area contributed by atoms with Crippen LogP contribution in [0, 0.1) is 0 Å². The van der Waals surface area contributed by atoms with Gasteiger partial charge >= 0.3 is 0 Å². The first-order valence-electron chi connectivity index (χ1n) is 8.06.